The van der Waals surface area contributed by atoms with Gasteiger partial charge in [-0.25, -0.2) is 4.79 Å². The van der Waals surface area contributed by atoms with E-state index in [1.807, 2.05) is 0 Å². The van der Waals surface area contributed by atoms with Crippen LogP contribution in [-0.2, 0) is 47.9 Å². The number of aliphatic hydroxyl groups excluding tert-OH is 2. The maximum absolute atomic E-state index is 13.7. The Kier molecular flexibility index (Phi) is 32.2. The molecule has 9 amide bonds. The van der Waals surface area contributed by atoms with Gasteiger partial charge in [0.1, 0.15) is 54.4 Å². The molecule has 0 unspecified atom stereocenters. The standard InChI is InChI=1S/C39H71N11O13S4/c1-19(2)12-23(33(56)47-25(15-52)39(62)63)45-38(61)30(20(3)4)50-37(60)28(18-66)48-31(54)21(8-6-7-10-40)43-36(59)27(17-65)49-34(57)24(14-51)46-32(55)22(9-11-67-5)44-35(58)26(16-64)42-29(53)13-41/h19-28,30,51-52,64-66H,6-18,40-41H2,1-5H3,(H,42,53)(H,43,59)(H,44,58)(H,45,61)(H,46,55)(H,47,56)(H,48,54)(H,49,57)(H,50,60)(H,62,63)/t21-,22-,23-,24-,25-,26-,27-,28-,30-/m0/s1. The molecular weight excluding hydrogens is 959 g/mol. The van der Waals surface area contributed by atoms with Crippen LogP contribution < -0.4 is 59.3 Å². The highest BCUT2D eigenvalue weighted by Gasteiger charge is 2.35. The second-order valence-electron chi connectivity index (χ2n) is 15.9. The fraction of sp³-hybridized carbons (Fsp3) is 0.744. The summed E-state index contributed by atoms with van der Waals surface area (Å²) in [5.41, 5.74) is 11.0. The summed E-state index contributed by atoms with van der Waals surface area (Å²) in [7, 11) is 0. The molecule has 9 atom stereocenters. The molecule has 384 valence electrons. The number of unbranched alkanes of at least 4 members (excludes halogenated alkanes) is 1. The molecule has 0 aromatic heterocycles. The number of hydrogen-bond donors (Lipinski definition) is 17. The van der Waals surface area contributed by atoms with Gasteiger partial charge in [0.2, 0.25) is 53.2 Å². The number of aliphatic carboxylic acids is 1. The first kappa shape index (κ1) is 62.9. The molecule has 0 aliphatic rings. The van der Waals surface area contributed by atoms with Gasteiger partial charge in [-0.1, -0.05) is 27.7 Å². The third-order valence-electron chi connectivity index (χ3n) is 9.67. The molecule has 28 heteroatoms. The molecule has 0 bridgehead atoms. The lowest BCUT2D eigenvalue weighted by Gasteiger charge is -2.29. The molecule has 0 saturated carbocycles. The van der Waals surface area contributed by atoms with Crippen molar-refractivity contribution in [2.24, 2.45) is 23.3 Å². The van der Waals surface area contributed by atoms with Gasteiger partial charge in [-0.05, 0) is 62.5 Å². The quantitative estimate of drug-likeness (QED) is 0.0212. The van der Waals surface area contributed by atoms with Gasteiger partial charge in [0, 0.05) is 17.3 Å². The molecule has 0 heterocycles. The first-order valence-electron chi connectivity index (χ1n) is 21.5. The zero-order chi connectivity index (χ0) is 51.4. The van der Waals surface area contributed by atoms with Crippen LogP contribution in [0.3, 0.4) is 0 Å². The Bertz CT molecular complexity index is 1650. The number of thiol groups is 3. The Hall–Kier alpha value is -4.06. The zero-order valence-corrected chi connectivity index (χ0v) is 41.9. The summed E-state index contributed by atoms with van der Waals surface area (Å²) >= 11 is 13.8. The van der Waals surface area contributed by atoms with E-state index in [1.54, 1.807) is 34.0 Å². The van der Waals surface area contributed by atoms with Crippen LogP contribution in [0.2, 0.25) is 0 Å². The van der Waals surface area contributed by atoms with E-state index in [-0.39, 0.29) is 49.0 Å². The maximum Gasteiger partial charge on any atom is 0.328 e. The highest BCUT2D eigenvalue weighted by Crippen LogP contribution is 2.10. The molecule has 0 aromatic rings. The highest BCUT2D eigenvalue weighted by atomic mass is 32.2. The number of carboxylic acids is 1. The molecule has 0 rings (SSSR count). The van der Waals surface area contributed by atoms with Crippen molar-refractivity contribution in [1.82, 2.24) is 47.9 Å². The van der Waals surface area contributed by atoms with E-state index in [0.29, 0.717) is 18.6 Å². The average molecular weight is 1030 g/mol. The molecule has 0 aliphatic carbocycles. The molecule has 67 heavy (non-hydrogen) atoms. The maximum atomic E-state index is 13.7. The second-order valence-corrected chi connectivity index (χ2v) is 18.0. The summed E-state index contributed by atoms with van der Waals surface area (Å²) in [6.07, 6.45) is 2.71. The predicted molar refractivity (Wildman–Crippen MR) is 260 cm³/mol. The van der Waals surface area contributed by atoms with Gasteiger partial charge in [-0.2, -0.15) is 49.6 Å². The predicted octanol–water partition coefficient (Wildman–Crippen LogP) is -5.25. The summed E-state index contributed by atoms with van der Waals surface area (Å²) in [5, 5.41) is 50.7. The van der Waals surface area contributed by atoms with Crippen molar-refractivity contribution in [3.05, 3.63) is 0 Å². The second kappa shape index (κ2) is 34.3. The molecule has 0 fully saturated rings. The van der Waals surface area contributed by atoms with Crippen molar-refractivity contribution < 1.29 is 63.3 Å². The van der Waals surface area contributed by atoms with Crippen LogP contribution in [0, 0.1) is 11.8 Å². The first-order chi connectivity index (χ1) is 31.6. The van der Waals surface area contributed by atoms with Crippen molar-refractivity contribution in [3.63, 3.8) is 0 Å². The number of nitrogens with one attached hydrogen (secondary N) is 9. The molecule has 0 saturated heterocycles. The number of amides is 9. The first-order valence-corrected chi connectivity index (χ1v) is 24.8. The van der Waals surface area contributed by atoms with Gasteiger partial charge < -0.3 is 74.6 Å². The lowest BCUT2D eigenvalue weighted by Crippen LogP contribution is -2.62. The van der Waals surface area contributed by atoms with Crippen LogP contribution in [-0.4, -0.2) is 184 Å². The fourth-order valence-corrected chi connectivity index (χ4v) is 7.11. The van der Waals surface area contributed by atoms with Crippen LogP contribution in [0.4, 0.5) is 0 Å². The summed E-state index contributed by atoms with van der Waals surface area (Å²) in [6, 6.07) is -12.2. The zero-order valence-electron chi connectivity index (χ0n) is 38.4. The molecule has 0 aromatic carbocycles. The molecule has 0 aliphatic heterocycles. The van der Waals surface area contributed by atoms with Crippen molar-refractivity contribution in [3.8, 4) is 0 Å². The lowest BCUT2D eigenvalue weighted by molar-refractivity contribution is -0.143. The number of rotatable bonds is 34. The van der Waals surface area contributed by atoms with E-state index in [9.17, 15) is 63.3 Å². The number of hydrogen-bond acceptors (Lipinski definition) is 18. The molecule has 16 N–H and O–H groups in total. The van der Waals surface area contributed by atoms with Gasteiger partial charge >= 0.3 is 5.97 Å². The summed E-state index contributed by atoms with van der Waals surface area (Å²) in [6.45, 7) is 4.75. The van der Waals surface area contributed by atoms with Crippen LogP contribution in [0.5, 0.6) is 0 Å². The third kappa shape index (κ3) is 23.7. The average Bonchev–Trinajstić information content (AvgIpc) is 3.28. The van der Waals surface area contributed by atoms with E-state index in [1.165, 1.54) is 11.8 Å². The van der Waals surface area contributed by atoms with Gasteiger partial charge in [0.05, 0.1) is 19.8 Å². The third-order valence-corrected chi connectivity index (χ3v) is 11.4. The van der Waals surface area contributed by atoms with Crippen LogP contribution in [0.1, 0.15) is 59.8 Å². The Morgan fingerprint density at radius 1 is 0.507 bits per heavy atom. The minimum Gasteiger partial charge on any atom is -0.480 e. The molecule has 24 nitrogen and oxygen atoms in total. The van der Waals surface area contributed by atoms with Gasteiger partial charge in [0.15, 0.2) is 0 Å². The number of nitrogens with two attached hydrogens (primary N) is 2. The minimum absolute atomic E-state index is 0.0146. The summed E-state index contributed by atoms with van der Waals surface area (Å²) in [5.74, 6) is -10.1. The smallest absolute Gasteiger partial charge is 0.328 e. The lowest BCUT2D eigenvalue weighted by atomic mass is 9.99. The van der Waals surface area contributed by atoms with Crippen molar-refractivity contribution in [2.75, 3.05) is 55.6 Å². The molecular formula is C39H71N11O13S4. The van der Waals surface area contributed by atoms with Crippen molar-refractivity contribution in [1.29, 1.82) is 0 Å². The van der Waals surface area contributed by atoms with E-state index >= 15 is 0 Å². The fourth-order valence-electron chi connectivity index (χ4n) is 5.87. The highest BCUT2D eigenvalue weighted by molar-refractivity contribution is 7.98. The topological polar surface area (TPSA) is 392 Å². The van der Waals surface area contributed by atoms with E-state index < -0.39 is 139 Å². The number of thioether (sulfide) groups is 1. The van der Waals surface area contributed by atoms with E-state index in [2.05, 4.69) is 85.7 Å². The van der Waals surface area contributed by atoms with Crippen LogP contribution >= 0.6 is 49.6 Å². The Morgan fingerprint density at radius 2 is 0.896 bits per heavy atom. The number of carbonyl (C=O) groups is 10. The molecule has 0 radical (unpaired) electrons. The Morgan fingerprint density at radius 3 is 1.31 bits per heavy atom. The number of carbonyl (C=O) groups excluding carboxylic acids is 9. The van der Waals surface area contributed by atoms with Gasteiger partial charge in [0.25, 0.3) is 0 Å². The number of carboxylic acid groups (broad SMARTS) is 1. The van der Waals surface area contributed by atoms with Crippen molar-refractivity contribution in [2.45, 2.75) is 114 Å². The normalized spacial score (nSPS) is 15.2. The van der Waals surface area contributed by atoms with Crippen LogP contribution in [0.25, 0.3) is 0 Å². The largest absolute Gasteiger partial charge is 0.480 e. The van der Waals surface area contributed by atoms with Crippen molar-refractivity contribution >= 4 is 109 Å². The minimum atomic E-state index is -1.63. The SMILES string of the molecule is CSCC[C@H](NC(=O)[C@H](CS)NC(=O)CN)C(=O)N[C@@H](CO)C(=O)N[C@@H](CS)C(=O)N[C@@H](CCCCN)C(=O)N[C@@H](CS)C(=O)N[C@H](C(=O)N[C@@H](CC(C)C)C(=O)N[C@@H](CO)C(=O)O)C(C)C. The molecule has 0 spiro atoms. The monoisotopic (exact) mass is 1030 g/mol. The summed E-state index contributed by atoms with van der Waals surface area (Å²) in [4.78, 5) is 130. The van der Waals surface area contributed by atoms with Crippen LogP contribution in [0.15, 0.2) is 0 Å². The van der Waals surface area contributed by atoms with E-state index in [4.69, 9.17) is 11.5 Å². The number of aliphatic hydroxyl groups is 2. The Balaban J connectivity index is 6.12. The van der Waals surface area contributed by atoms with Gasteiger partial charge in [-0.3, -0.25) is 43.2 Å². The summed E-state index contributed by atoms with van der Waals surface area (Å²) < 4.78 is 0. The van der Waals surface area contributed by atoms with Gasteiger partial charge in [-0.15, -0.1) is 0 Å². The Labute approximate surface area is 411 Å². The van der Waals surface area contributed by atoms with E-state index in [0.717, 1.165) is 0 Å².